The first-order valence-corrected chi connectivity index (χ1v) is 9.66. The molecule has 0 fully saturated rings. The largest absolute Gasteiger partial charge is 0.489 e. The molecule has 3 aromatic rings. The summed E-state index contributed by atoms with van der Waals surface area (Å²) in [5.41, 5.74) is 6.64. The fourth-order valence-corrected chi connectivity index (χ4v) is 2.80. The lowest BCUT2D eigenvalue weighted by Gasteiger charge is -2.10. The van der Waals surface area contributed by atoms with Gasteiger partial charge >= 0.3 is 5.69 Å². The van der Waals surface area contributed by atoms with Crippen molar-refractivity contribution in [2.24, 2.45) is 0 Å². The molecule has 0 aliphatic carbocycles. The topological polar surface area (TPSA) is 120 Å². The number of hydrogen-bond donors (Lipinski definition) is 2. The van der Waals surface area contributed by atoms with Gasteiger partial charge in [-0.05, 0) is 36.8 Å². The molecule has 0 aliphatic heterocycles. The van der Waals surface area contributed by atoms with Crippen molar-refractivity contribution in [3.05, 3.63) is 99.6 Å². The van der Waals surface area contributed by atoms with E-state index in [0.29, 0.717) is 12.4 Å². The molecule has 0 saturated carbocycles. The molecule has 164 valence electrons. The number of benzene rings is 3. The second kappa shape index (κ2) is 10.6. The third-order valence-electron chi connectivity index (χ3n) is 4.32. The number of ether oxygens (including phenoxy) is 2. The molecule has 9 nitrogen and oxygen atoms in total. The SMILES string of the molecule is Cc1cccc(COc2cccc(C(=O)NNC(=O)COc3ccccc3[N+](=O)[O-])c2)c1. The Labute approximate surface area is 184 Å². The normalized spacial score (nSPS) is 10.2. The first-order valence-electron chi connectivity index (χ1n) is 9.66. The Morgan fingerprint density at radius 1 is 0.938 bits per heavy atom. The van der Waals surface area contributed by atoms with Crippen LogP contribution in [-0.4, -0.2) is 23.3 Å². The maximum Gasteiger partial charge on any atom is 0.310 e. The summed E-state index contributed by atoms with van der Waals surface area (Å²) in [6.07, 6.45) is 0. The minimum atomic E-state index is -0.677. The van der Waals surface area contributed by atoms with Gasteiger partial charge in [0, 0.05) is 11.6 Å². The average Bonchev–Trinajstić information content (AvgIpc) is 2.80. The van der Waals surface area contributed by atoms with Crippen molar-refractivity contribution >= 4 is 17.5 Å². The fraction of sp³-hybridized carbons (Fsp3) is 0.130. The number of hydrogen-bond acceptors (Lipinski definition) is 6. The summed E-state index contributed by atoms with van der Waals surface area (Å²) in [5.74, 6) is -0.768. The smallest absolute Gasteiger partial charge is 0.310 e. The highest BCUT2D eigenvalue weighted by Gasteiger charge is 2.15. The second-order valence-corrected chi connectivity index (χ2v) is 6.82. The van der Waals surface area contributed by atoms with Crippen LogP contribution in [-0.2, 0) is 11.4 Å². The molecule has 0 aliphatic rings. The third kappa shape index (κ3) is 6.30. The van der Waals surface area contributed by atoms with Gasteiger partial charge in [0.25, 0.3) is 11.8 Å². The summed E-state index contributed by atoms with van der Waals surface area (Å²) < 4.78 is 10.9. The first kappa shape index (κ1) is 22.3. The van der Waals surface area contributed by atoms with E-state index in [1.54, 1.807) is 30.3 Å². The van der Waals surface area contributed by atoms with Gasteiger partial charge in [-0.1, -0.05) is 48.0 Å². The predicted octanol–water partition coefficient (Wildman–Crippen LogP) is 3.32. The number of nitro benzene ring substituents is 1. The Hall–Kier alpha value is -4.40. The highest BCUT2D eigenvalue weighted by molar-refractivity contribution is 5.95. The molecular weight excluding hydrogens is 414 g/mol. The van der Waals surface area contributed by atoms with Crippen molar-refractivity contribution in [1.29, 1.82) is 0 Å². The summed E-state index contributed by atoms with van der Waals surface area (Å²) in [6, 6.07) is 20.1. The Kier molecular flexibility index (Phi) is 7.37. The van der Waals surface area contributed by atoms with Crippen LogP contribution in [0.5, 0.6) is 11.5 Å². The molecule has 0 spiro atoms. The molecule has 3 rings (SSSR count). The van der Waals surface area contributed by atoms with Crippen LogP contribution in [0.25, 0.3) is 0 Å². The number of carbonyl (C=O) groups is 2. The van der Waals surface area contributed by atoms with Crippen molar-refractivity contribution < 1.29 is 24.0 Å². The lowest BCUT2D eigenvalue weighted by Crippen LogP contribution is -2.43. The summed E-state index contributed by atoms with van der Waals surface area (Å²) in [4.78, 5) is 34.6. The van der Waals surface area contributed by atoms with E-state index in [2.05, 4.69) is 10.9 Å². The monoisotopic (exact) mass is 435 g/mol. The van der Waals surface area contributed by atoms with Crippen molar-refractivity contribution in [1.82, 2.24) is 10.9 Å². The molecule has 0 bridgehead atoms. The zero-order chi connectivity index (χ0) is 22.9. The van der Waals surface area contributed by atoms with Crippen LogP contribution in [0.1, 0.15) is 21.5 Å². The maximum atomic E-state index is 12.3. The molecule has 9 heteroatoms. The van der Waals surface area contributed by atoms with E-state index in [4.69, 9.17) is 9.47 Å². The van der Waals surface area contributed by atoms with Crippen molar-refractivity contribution in [2.45, 2.75) is 13.5 Å². The molecule has 0 unspecified atom stereocenters. The van der Waals surface area contributed by atoms with E-state index in [-0.39, 0.29) is 17.0 Å². The summed E-state index contributed by atoms with van der Waals surface area (Å²) >= 11 is 0. The first-order chi connectivity index (χ1) is 15.4. The van der Waals surface area contributed by atoms with Gasteiger partial charge in [0.15, 0.2) is 12.4 Å². The van der Waals surface area contributed by atoms with Crippen LogP contribution in [0, 0.1) is 17.0 Å². The van der Waals surface area contributed by atoms with Crippen molar-refractivity contribution in [3.8, 4) is 11.5 Å². The number of para-hydroxylation sites is 2. The standard InChI is InChI=1S/C23H21N3O6/c1-16-6-4-7-17(12-16)14-31-19-9-5-8-18(13-19)23(28)25-24-22(27)15-32-21-11-3-2-10-20(21)26(29)30/h2-13H,14-15H2,1H3,(H,24,27)(H,25,28). The van der Waals surface area contributed by atoms with Crippen LogP contribution in [0.3, 0.4) is 0 Å². The van der Waals surface area contributed by atoms with E-state index < -0.39 is 23.3 Å². The Balaban J connectivity index is 1.50. The fourth-order valence-electron chi connectivity index (χ4n) is 2.80. The molecule has 0 radical (unpaired) electrons. The highest BCUT2D eigenvalue weighted by Crippen LogP contribution is 2.25. The van der Waals surface area contributed by atoms with E-state index in [1.165, 1.54) is 18.2 Å². The van der Waals surface area contributed by atoms with Crippen LogP contribution in [0.2, 0.25) is 0 Å². The van der Waals surface area contributed by atoms with Crippen LogP contribution in [0.4, 0.5) is 5.69 Å². The van der Waals surface area contributed by atoms with Gasteiger partial charge in [-0.25, -0.2) is 0 Å². The van der Waals surface area contributed by atoms with Crippen molar-refractivity contribution in [3.63, 3.8) is 0 Å². The number of hydrazine groups is 1. The molecule has 2 amide bonds. The molecule has 3 aromatic carbocycles. The molecule has 0 saturated heterocycles. The summed E-state index contributed by atoms with van der Waals surface area (Å²) in [6.45, 7) is 1.84. The lowest BCUT2D eigenvalue weighted by molar-refractivity contribution is -0.385. The Bertz CT molecular complexity index is 1130. The van der Waals surface area contributed by atoms with E-state index in [1.807, 2.05) is 31.2 Å². The number of aryl methyl sites for hydroxylation is 1. The number of carbonyl (C=O) groups excluding carboxylic acids is 2. The number of nitrogens with one attached hydrogen (secondary N) is 2. The number of rotatable bonds is 8. The Morgan fingerprint density at radius 2 is 1.72 bits per heavy atom. The molecule has 2 N–H and O–H groups in total. The minimum absolute atomic E-state index is 0.0440. The molecule has 0 aromatic heterocycles. The van der Waals surface area contributed by atoms with Gasteiger partial charge in [0.1, 0.15) is 12.4 Å². The summed E-state index contributed by atoms with van der Waals surface area (Å²) in [5, 5.41) is 11.0. The Morgan fingerprint density at radius 3 is 2.50 bits per heavy atom. The number of nitrogens with zero attached hydrogens (tertiary/aromatic N) is 1. The van der Waals surface area contributed by atoms with Gasteiger partial charge in [0.05, 0.1) is 4.92 Å². The van der Waals surface area contributed by atoms with Crippen molar-refractivity contribution in [2.75, 3.05) is 6.61 Å². The number of nitro groups is 1. The number of amides is 2. The minimum Gasteiger partial charge on any atom is -0.489 e. The quantitative estimate of drug-likeness (QED) is 0.414. The molecule has 32 heavy (non-hydrogen) atoms. The van der Waals surface area contributed by atoms with Gasteiger partial charge in [0.2, 0.25) is 0 Å². The average molecular weight is 435 g/mol. The van der Waals surface area contributed by atoms with E-state index in [9.17, 15) is 19.7 Å². The molecule has 0 heterocycles. The third-order valence-corrected chi connectivity index (χ3v) is 4.32. The van der Waals surface area contributed by atoms with Gasteiger partial charge < -0.3 is 9.47 Å². The van der Waals surface area contributed by atoms with Crippen LogP contribution < -0.4 is 20.3 Å². The lowest BCUT2D eigenvalue weighted by atomic mass is 10.1. The van der Waals surface area contributed by atoms with E-state index >= 15 is 0 Å². The van der Waals surface area contributed by atoms with E-state index in [0.717, 1.165) is 11.1 Å². The van der Waals surface area contributed by atoms with Crippen LogP contribution in [0.15, 0.2) is 72.8 Å². The predicted molar refractivity (Wildman–Crippen MR) is 116 cm³/mol. The van der Waals surface area contributed by atoms with Gasteiger partial charge in [-0.2, -0.15) is 0 Å². The zero-order valence-corrected chi connectivity index (χ0v) is 17.2. The molecular formula is C23H21N3O6. The van der Waals surface area contributed by atoms with Gasteiger partial charge in [-0.15, -0.1) is 0 Å². The summed E-state index contributed by atoms with van der Waals surface area (Å²) in [7, 11) is 0. The zero-order valence-electron chi connectivity index (χ0n) is 17.2. The van der Waals surface area contributed by atoms with Gasteiger partial charge in [-0.3, -0.25) is 30.6 Å². The molecule has 0 atom stereocenters. The maximum absolute atomic E-state index is 12.3. The van der Waals surface area contributed by atoms with Crippen LogP contribution >= 0.6 is 0 Å². The second-order valence-electron chi connectivity index (χ2n) is 6.82. The highest BCUT2D eigenvalue weighted by atomic mass is 16.6.